The van der Waals surface area contributed by atoms with E-state index in [0.29, 0.717) is 12.2 Å². The largest absolute Gasteiger partial charge is 0.497 e. The molecule has 4 rings (SSSR count). The van der Waals surface area contributed by atoms with Gasteiger partial charge in [0.25, 0.3) is 5.91 Å². The van der Waals surface area contributed by atoms with Crippen LogP contribution >= 0.6 is 0 Å². The minimum Gasteiger partial charge on any atom is -0.497 e. The summed E-state index contributed by atoms with van der Waals surface area (Å²) in [6.07, 6.45) is 1.13. The van der Waals surface area contributed by atoms with Crippen molar-refractivity contribution in [1.29, 1.82) is 0 Å². The Balaban J connectivity index is 1.49. The van der Waals surface area contributed by atoms with Crippen LogP contribution in [0.5, 0.6) is 11.5 Å². The molecule has 7 nitrogen and oxygen atoms in total. The zero-order chi connectivity index (χ0) is 22.2. The van der Waals surface area contributed by atoms with Gasteiger partial charge in [-0.25, -0.2) is 4.79 Å². The van der Waals surface area contributed by atoms with Crippen molar-refractivity contribution in [2.45, 2.75) is 44.8 Å². The first-order valence-electron chi connectivity index (χ1n) is 10.5. The smallest absolute Gasteiger partial charge is 0.325 e. The molecule has 2 atom stereocenters. The molecule has 0 aromatic heterocycles. The molecule has 1 aliphatic carbocycles. The SMILES string of the molecule is COc1ccc2c(c1)CCC[C@]21NC(=O)N(C[C@@H](O)COc2cc(C)ccc2C)C1=O. The topological polar surface area (TPSA) is 88.1 Å². The van der Waals surface area contributed by atoms with Gasteiger partial charge in [-0.3, -0.25) is 9.69 Å². The quantitative estimate of drug-likeness (QED) is 0.697. The van der Waals surface area contributed by atoms with Crippen molar-refractivity contribution in [2.24, 2.45) is 0 Å². The number of nitrogens with zero attached hydrogens (tertiary/aromatic N) is 1. The van der Waals surface area contributed by atoms with Gasteiger partial charge in [0.1, 0.15) is 29.7 Å². The zero-order valence-corrected chi connectivity index (χ0v) is 18.1. The van der Waals surface area contributed by atoms with Crippen molar-refractivity contribution in [2.75, 3.05) is 20.3 Å². The Kier molecular flexibility index (Phi) is 5.62. The highest BCUT2D eigenvalue weighted by atomic mass is 16.5. The Morgan fingerprint density at radius 2 is 2.00 bits per heavy atom. The highest BCUT2D eigenvalue weighted by Gasteiger charge is 2.54. The number of amides is 3. The van der Waals surface area contributed by atoms with Gasteiger partial charge in [-0.05, 0) is 73.6 Å². The minimum atomic E-state index is -1.08. The van der Waals surface area contributed by atoms with Crippen LogP contribution in [0.25, 0.3) is 0 Å². The first-order valence-corrected chi connectivity index (χ1v) is 10.5. The molecule has 7 heteroatoms. The molecule has 2 N–H and O–H groups in total. The summed E-state index contributed by atoms with van der Waals surface area (Å²) in [4.78, 5) is 27.2. The van der Waals surface area contributed by atoms with Crippen molar-refractivity contribution in [3.8, 4) is 11.5 Å². The number of aryl methyl sites for hydroxylation is 3. The second-order valence-electron chi connectivity index (χ2n) is 8.36. The van der Waals surface area contributed by atoms with Crippen molar-refractivity contribution in [1.82, 2.24) is 10.2 Å². The van der Waals surface area contributed by atoms with E-state index < -0.39 is 17.7 Å². The van der Waals surface area contributed by atoms with Crippen molar-refractivity contribution in [3.63, 3.8) is 0 Å². The van der Waals surface area contributed by atoms with Crippen LogP contribution in [-0.2, 0) is 16.8 Å². The molecule has 0 radical (unpaired) electrons. The number of methoxy groups -OCH3 is 1. The molecule has 1 aliphatic heterocycles. The van der Waals surface area contributed by atoms with Gasteiger partial charge in [-0.2, -0.15) is 0 Å². The zero-order valence-electron chi connectivity index (χ0n) is 18.1. The maximum absolute atomic E-state index is 13.4. The summed E-state index contributed by atoms with van der Waals surface area (Å²) in [5.41, 5.74) is 2.74. The molecule has 0 bridgehead atoms. The first kappa shape index (κ1) is 21.2. The van der Waals surface area contributed by atoms with Gasteiger partial charge in [0.05, 0.1) is 13.7 Å². The molecule has 31 heavy (non-hydrogen) atoms. The number of hydrogen-bond acceptors (Lipinski definition) is 5. The van der Waals surface area contributed by atoms with Crippen LogP contribution in [0.15, 0.2) is 36.4 Å². The first-order chi connectivity index (χ1) is 14.8. The summed E-state index contributed by atoms with van der Waals surface area (Å²) in [5.74, 6) is 1.08. The number of rotatable bonds is 6. The number of aliphatic hydroxyl groups is 1. The normalized spacial score (nSPS) is 21.1. The molecule has 1 saturated heterocycles. The lowest BCUT2D eigenvalue weighted by Crippen LogP contribution is -2.47. The summed E-state index contributed by atoms with van der Waals surface area (Å²) >= 11 is 0. The molecule has 1 heterocycles. The molecule has 1 spiro atoms. The second kappa shape index (κ2) is 8.23. The van der Waals surface area contributed by atoms with Crippen LogP contribution in [0.3, 0.4) is 0 Å². The third-order valence-electron chi connectivity index (χ3n) is 6.11. The molecule has 0 unspecified atom stereocenters. The average Bonchev–Trinajstić information content (AvgIpc) is 2.98. The van der Waals surface area contributed by atoms with Gasteiger partial charge < -0.3 is 19.9 Å². The number of ether oxygens (including phenoxy) is 2. The van der Waals surface area contributed by atoms with Gasteiger partial charge >= 0.3 is 6.03 Å². The number of fused-ring (bicyclic) bond motifs is 2. The van der Waals surface area contributed by atoms with Crippen LogP contribution in [0.1, 0.15) is 35.1 Å². The van der Waals surface area contributed by atoms with E-state index in [4.69, 9.17) is 9.47 Å². The maximum Gasteiger partial charge on any atom is 0.325 e. The molecule has 2 aromatic rings. The van der Waals surface area contributed by atoms with Gasteiger partial charge in [-0.1, -0.05) is 18.2 Å². The number of imide groups is 1. The van der Waals surface area contributed by atoms with Gasteiger partial charge in [0, 0.05) is 0 Å². The van der Waals surface area contributed by atoms with E-state index >= 15 is 0 Å². The van der Waals surface area contributed by atoms with Crippen LogP contribution < -0.4 is 14.8 Å². The monoisotopic (exact) mass is 424 g/mol. The Hall–Kier alpha value is -3.06. The molecule has 3 amide bonds. The average molecular weight is 424 g/mol. The van der Waals surface area contributed by atoms with E-state index in [1.54, 1.807) is 13.2 Å². The van der Waals surface area contributed by atoms with E-state index in [9.17, 15) is 14.7 Å². The summed E-state index contributed by atoms with van der Waals surface area (Å²) in [5, 5.41) is 13.4. The molecular formula is C24H28N2O5. The Morgan fingerprint density at radius 3 is 2.77 bits per heavy atom. The van der Waals surface area contributed by atoms with Gasteiger partial charge in [0.15, 0.2) is 0 Å². The fourth-order valence-corrected chi connectivity index (χ4v) is 4.46. The van der Waals surface area contributed by atoms with Crippen LogP contribution in [-0.4, -0.2) is 48.3 Å². The molecular weight excluding hydrogens is 396 g/mol. The summed E-state index contributed by atoms with van der Waals surface area (Å²) in [7, 11) is 1.60. The third kappa shape index (κ3) is 3.85. The van der Waals surface area contributed by atoms with Crippen molar-refractivity contribution >= 4 is 11.9 Å². The lowest BCUT2D eigenvalue weighted by Gasteiger charge is -2.33. The van der Waals surface area contributed by atoms with E-state index in [1.807, 2.05) is 44.2 Å². The van der Waals surface area contributed by atoms with E-state index in [-0.39, 0.29) is 19.1 Å². The molecule has 2 aromatic carbocycles. The van der Waals surface area contributed by atoms with E-state index in [2.05, 4.69) is 5.32 Å². The Bertz CT molecular complexity index is 1020. The van der Waals surface area contributed by atoms with Crippen molar-refractivity contribution < 1.29 is 24.2 Å². The maximum atomic E-state index is 13.4. The lowest BCUT2D eigenvalue weighted by atomic mass is 9.76. The third-order valence-corrected chi connectivity index (χ3v) is 6.11. The number of carbonyl (C=O) groups excluding carboxylic acids is 2. The number of carbonyl (C=O) groups is 2. The second-order valence-corrected chi connectivity index (χ2v) is 8.36. The molecule has 2 aliphatic rings. The number of benzene rings is 2. The number of β-amino-alcohol motifs (C(OH)–C–C–N with tert-alkyl or cyclic N) is 1. The van der Waals surface area contributed by atoms with Gasteiger partial charge in [0.2, 0.25) is 0 Å². The highest BCUT2D eigenvalue weighted by Crippen LogP contribution is 2.41. The fourth-order valence-electron chi connectivity index (χ4n) is 4.46. The minimum absolute atomic E-state index is 0.0118. The van der Waals surface area contributed by atoms with Gasteiger partial charge in [-0.15, -0.1) is 0 Å². The lowest BCUT2D eigenvalue weighted by molar-refractivity contribution is -0.133. The van der Waals surface area contributed by atoms with E-state index in [0.717, 1.165) is 45.7 Å². The predicted molar refractivity (Wildman–Crippen MR) is 115 cm³/mol. The standard InChI is InChI=1S/C24H28N2O5/c1-15-6-7-16(2)21(11-15)31-14-18(27)13-26-22(28)24(25-23(26)29)10-4-5-17-12-19(30-3)8-9-20(17)24/h6-9,11-12,18,27H,4-5,10,13-14H2,1-3H3,(H,25,29)/t18-,24+/m1/s1. The summed E-state index contributed by atoms with van der Waals surface area (Å²) in [6.45, 7) is 3.76. The van der Waals surface area contributed by atoms with Crippen LogP contribution in [0.4, 0.5) is 4.79 Å². The number of hydrogen-bond donors (Lipinski definition) is 2. The van der Waals surface area contributed by atoms with E-state index in [1.165, 1.54) is 0 Å². The number of urea groups is 1. The Morgan fingerprint density at radius 1 is 1.19 bits per heavy atom. The highest BCUT2D eigenvalue weighted by molar-refractivity contribution is 6.07. The summed E-state index contributed by atoms with van der Waals surface area (Å²) < 4.78 is 11.0. The van der Waals surface area contributed by atoms with Crippen LogP contribution in [0.2, 0.25) is 0 Å². The molecule has 1 fully saturated rings. The van der Waals surface area contributed by atoms with Crippen LogP contribution in [0, 0.1) is 13.8 Å². The van der Waals surface area contributed by atoms with Crippen molar-refractivity contribution in [3.05, 3.63) is 58.7 Å². The predicted octanol–water partition coefficient (Wildman–Crippen LogP) is 2.84. The number of nitrogens with one attached hydrogen (secondary N) is 1. The number of aliphatic hydroxyl groups excluding tert-OH is 1. The fraction of sp³-hybridized carbons (Fsp3) is 0.417. The molecule has 0 saturated carbocycles. The molecule has 164 valence electrons. The Labute approximate surface area is 182 Å². The summed E-state index contributed by atoms with van der Waals surface area (Å²) in [6, 6.07) is 10.9.